The van der Waals surface area contributed by atoms with Gasteiger partial charge in [0.25, 0.3) is 11.1 Å². The second-order valence-corrected chi connectivity index (χ2v) is 11.3. The van der Waals surface area contributed by atoms with Crippen molar-refractivity contribution in [1.82, 2.24) is 4.90 Å². The number of fused-ring (bicyclic) bond motifs is 1. The van der Waals surface area contributed by atoms with Crippen LogP contribution in [0.1, 0.15) is 18.1 Å². The molecule has 0 aliphatic carbocycles. The molecule has 0 radical (unpaired) electrons. The number of hydrogen-bond donors (Lipinski definition) is 1. The van der Waals surface area contributed by atoms with Crippen LogP contribution >= 0.6 is 23.4 Å². The number of nitrogens with one attached hydrogen (secondary N) is 1. The van der Waals surface area contributed by atoms with Crippen molar-refractivity contribution >= 4 is 62.3 Å². The van der Waals surface area contributed by atoms with Gasteiger partial charge in [0.2, 0.25) is 12.7 Å². The number of carbonyl (C=O) groups excluding carboxylic acids is 3. The number of thioether (sulfide) groups is 1. The lowest BCUT2D eigenvalue weighted by molar-refractivity contribution is -0.123. The van der Waals surface area contributed by atoms with Crippen LogP contribution in [0, 0.1) is 0 Å². The standard InChI is InChI=1S/C26H19ClN2O8S2/c1-15(30)28-18-5-7-20(8-6-18)39(33,34)37-19-4-2-3-16(9-19)10-24-25(31)29(26(32)38-24)13-17-11-22-23(12-21(17)27)36-14-35-22/h2-12H,13-14H2,1H3,(H,28,30)/b24-10-. The Morgan fingerprint density at radius 3 is 2.54 bits per heavy atom. The Morgan fingerprint density at radius 1 is 1.10 bits per heavy atom. The summed E-state index contributed by atoms with van der Waals surface area (Å²) in [6.07, 6.45) is 1.48. The van der Waals surface area contributed by atoms with E-state index in [0.29, 0.717) is 33.3 Å². The van der Waals surface area contributed by atoms with E-state index >= 15 is 0 Å². The van der Waals surface area contributed by atoms with Gasteiger partial charge >= 0.3 is 10.1 Å². The van der Waals surface area contributed by atoms with E-state index in [1.54, 1.807) is 24.3 Å². The summed E-state index contributed by atoms with van der Waals surface area (Å²) in [5.41, 5.74) is 1.42. The SMILES string of the molecule is CC(=O)Nc1ccc(S(=O)(=O)Oc2cccc(/C=C3\SC(=O)N(Cc4cc5c(cc4Cl)OCO5)C3=O)c2)cc1. The highest BCUT2D eigenvalue weighted by Crippen LogP contribution is 2.39. The minimum absolute atomic E-state index is 0.0149. The highest BCUT2D eigenvalue weighted by Gasteiger charge is 2.35. The summed E-state index contributed by atoms with van der Waals surface area (Å²) in [5.74, 6) is 0.183. The van der Waals surface area contributed by atoms with Gasteiger partial charge in [0.05, 0.1) is 11.4 Å². The number of benzene rings is 3. The highest BCUT2D eigenvalue weighted by atomic mass is 35.5. The normalized spacial score (nSPS) is 15.6. The van der Waals surface area contributed by atoms with E-state index in [2.05, 4.69) is 5.32 Å². The largest absolute Gasteiger partial charge is 0.454 e. The van der Waals surface area contributed by atoms with Gasteiger partial charge in [-0.05, 0) is 71.4 Å². The molecule has 3 aromatic carbocycles. The highest BCUT2D eigenvalue weighted by molar-refractivity contribution is 8.18. The molecule has 0 unspecified atom stereocenters. The van der Waals surface area contributed by atoms with Gasteiger partial charge in [-0.15, -0.1) is 0 Å². The third kappa shape index (κ3) is 5.87. The maximum Gasteiger partial charge on any atom is 0.339 e. The Kier molecular flexibility index (Phi) is 7.25. The Morgan fingerprint density at radius 2 is 1.82 bits per heavy atom. The summed E-state index contributed by atoms with van der Waals surface area (Å²) in [6.45, 7) is 1.35. The van der Waals surface area contributed by atoms with Crippen LogP contribution in [0.15, 0.2) is 70.5 Å². The number of anilines is 1. The molecule has 200 valence electrons. The zero-order valence-corrected chi connectivity index (χ0v) is 22.6. The maximum atomic E-state index is 13.0. The van der Waals surface area contributed by atoms with Crippen molar-refractivity contribution in [3.63, 3.8) is 0 Å². The lowest BCUT2D eigenvalue weighted by Crippen LogP contribution is -2.27. The molecule has 3 amide bonds. The first-order chi connectivity index (χ1) is 18.6. The summed E-state index contributed by atoms with van der Waals surface area (Å²) in [5, 5.41) is 2.41. The van der Waals surface area contributed by atoms with Crippen LogP contribution in [0.4, 0.5) is 10.5 Å². The molecule has 0 bridgehead atoms. The molecule has 10 nitrogen and oxygen atoms in total. The van der Waals surface area contributed by atoms with Crippen molar-refractivity contribution in [3.8, 4) is 17.2 Å². The van der Waals surface area contributed by atoms with Crippen molar-refractivity contribution in [3.05, 3.63) is 81.7 Å². The average Bonchev–Trinajstić information content (AvgIpc) is 3.43. The fourth-order valence-electron chi connectivity index (χ4n) is 3.78. The van der Waals surface area contributed by atoms with E-state index < -0.39 is 21.3 Å². The lowest BCUT2D eigenvalue weighted by Gasteiger charge is -2.14. The van der Waals surface area contributed by atoms with Crippen LogP contribution < -0.4 is 19.0 Å². The van der Waals surface area contributed by atoms with Crippen molar-refractivity contribution < 1.29 is 36.5 Å². The minimum Gasteiger partial charge on any atom is -0.454 e. The second-order valence-electron chi connectivity index (χ2n) is 8.38. The van der Waals surface area contributed by atoms with Crippen molar-refractivity contribution in [2.45, 2.75) is 18.4 Å². The van der Waals surface area contributed by atoms with Crippen LogP contribution in [0.2, 0.25) is 5.02 Å². The molecular weight excluding hydrogens is 568 g/mol. The number of nitrogens with zero attached hydrogens (tertiary/aromatic N) is 1. The molecule has 0 saturated carbocycles. The first-order valence-corrected chi connectivity index (χ1v) is 13.9. The topological polar surface area (TPSA) is 128 Å². The summed E-state index contributed by atoms with van der Waals surface area (Å²) in [6, 6.07) is 14.8. The Hall–Kier alpha value is -4.00. The molecule has 39 heavy (non-hydrogen) atoms. The van der Waals surface area contributed by atoms with E-state index in [0.717, 1.165) is 16.7 Å². The van der Waals surface area contributed by atoms with E-state index in [4.69, 9.17) is 25.3 Å². The first-order valence-electron chi connectivity index (χ1n) is 11.3. The average molecular weight is 587 g/mol. The molecule has 0 atom stereocenters. The fourth-order valence-corrected chi connectivity index (χ4v) is 5.75. The quantitative estimate of drug-likeness (QED) is 0.299. The zero-order valence-electron chi connectivity index (χ0n) is 20.2. The minimum atomic E-state index is -4.17. The van der Waals surface area contributed by atoms with Crippen LogP contribution in [-0.4, -0.2) is 37.2 Å². The summed E-state index contributed by atoms with van der Waals surface area (Å²) in [4.78, 5) is 37.9. The molecule has 1 saturated heterocycles. The van der Waals surface area contributed by atoms with Crippen LogP contribution in [-0.2, 0) is 26.3 Å². The molecular formula is C26H19ClN2O8S2. The van der Waals surface area contributed by atoms with E-state index in [1.165, 1.54) is 49.4 Å². The molecule has 0 aromatic heterocycles. The van der Waals surface area contributed by atoms with Crippen LogP contribution in [0.3, 0.4) is 0 Å². The maximum absolute atomic E-state index is 13.0. The number of rotatable bonds is 7. The van der Waals surface area contributed by atoms with Crippen LogP contribution in [0.25, 0.3) is 6.08 Å². The van der Waals surface area contributed by atoms with Crippen molar-refractivity contribution in [1.29, 1.82) is 0 Å². The van der Waals surface area contributed by atoms with Gasteiger partial charge in [-0.2, -0.15) is 8.42 Å². The summed E-state index contributed by atoms with van der Waals surface area (Å²) < 4.78 is 41.4. The molecule has 2 aliphatic rings. The smallest absolute Gasteiger partial charge is 0.339 e. The first kappa shape index (κ1) is 26.6. The predicted octanol–water partition coefficient (Wildman–Crippen LogP) is 5.03. The van der Waals surface area contributed by atoms with Gasteiger partial charge in [-0.3, -0.25) is 19.3 Å². The monoisotopic (exact) mass is 586 g/mol. The molecule has 5 rings (SSSR count). The molecule has 0 spiro atoms. The molecule has 1 fully saturated rings. The van der Waals surface area contributed by atoms with E-state index in [1.807, 2.05) is 0 Å². The molecule has 13 heteroatoms. The van der Waals surface area contributed by atoms with Gasteiger partial charge in [-0.25, -0.2) is 0 Å². The Labute approximate surface area is 232 Å². The lowest BCUT2D eigenvalue weighted by atomic mass is 10.1. The fraction of sp³-hybridized carbons (Fsp3) is 0.115. The van der Waals surface area contributed by atoms with Gasteiger partial charge < -0.3 is 19.0 Å². The van der Waals surface area contributed by atoms with Crippen molar-refractivity contribution in [2.24, 2.45) is 0 Å². The Bertz CT molecular complexity index is 1640. The number of halogens is 1. The van der Waals surface area contributed by atoms with Crippen molar-refractivity contribution in [2.75, 3.05) is 12.1 Å². The third-order valence-electron chi connectivity index (χ3n) is 5.57. The Balaban J connectivity index is 1.31. The summed E-state index contributed by atoms with van der Waals surface area (Å²) in [7, 11) is -4.17. The number of amides is 3. The van der Waals surface area contributed by atoms with Gasteiger partial charge in [-0.1, -0.05) is 23.7 Å². The van der Waals surface area contributed by atoms with E-state index in [-0.39, 0.29) is 34.8 Å². The number of imide groups is 1. The molecule has 3 aromatic rings. The zero-order chi connectivity index (χ0) is 27.7. The van der Waals surface area contributed by atoms with Gasteiger partial charge in [0, 0.05) is 23.7 Å². The predicted molar refractivity (Wildman–Crippen MR) is 144 cm³/mol. The van der Waals surface area contributed by atoms with E-state index in [9.17, 15) is 22.8 Å². The second kappa shape index (κ2) is 10.6. The van der Waals surface area contributed by atoms with Gasteiger partial charge in [0.1, 0.15) is 10.6 Å². The number of carbonyl (C=O) groups is 3. The third-order valence-corrected chi connectivity index (χ3v) is 8.09. The molecule has 2 aliphatic heterocycles. The number of ether oxygens (including phenoxy) is 2. The molecule has 2 heterocycles. The van der Waals surface area contributed by atoms with Gasteiger partial charge in [0.15, 0.2) is 11.5 Å². The van der Waals surface area contributed by atoms with Crippen LogP contribution in [0.5, 0.6) is 17.2 Å². The molecule has 1 N–H and O–H groups in total. The number of hydrogen-bond acceptors (Lipinski definition) is 9. The summed E-state index contributed by atoms with van der Waals surface area (Å²) >= 11 is 7.06.